The number of fused-ring (bicyclic) bond motifs is 2. The predicted molar refractivity (Wildman–Crippen MR) is 130 cm³/mol. The fourth-order valence-electron chi connectivity index (χ4n) is 4.38. The second-order valence-electron chi connectivity index (χ2n) is 9.78. The molecule has 0 radical (unpaired) electrons. The molecule has 1 aliphatic heterocycles. The van der Waals surface area contributed by atoms with Crippen LogP contribution in [0.1, 0.15) is 44.6 Å². The molecule has 0 bridgehead atoms. The third-order valence-corrected chi connectivity index (χ3v) is 5.98. The number of aromatic nitrogens is 5. The zero-order valence-electron chi connectivity index (χ0n) is 20.1. The van der Waals surface area contributed by atoms with Crippen molar-refractivity contribution >= 4 is 22.8 Å². The van der Waals surface area contributed by atoms with Crippen molar-refractivity contribution in [3.8, 4) is 11.6 Å². The normalized spacial score (nSPS) is 15.9. The van der Waals surface area contributed by atoms with Gasteiger partial charge in [0.05, 0.1) is 16.7 Å². The number of nitrogens with zero attached hydrogens (tertiary/aromatic N) is 5. The van der Waals surface area contributed by atoms with E-state index >= 15 is 0 Å². The summed E-state index contributed by atoms with van der Waals surface area (Å²) >= 11 is 0. The molecule has 0 fully saturated rings. The van der Waals surface area contributed by atoms with Gasteiger partial charge in [0.25, 0.3) is 0 Å². The first kappa shape index (κ1) is 22.1. The van der Waals surface area contributed by atoms with Gasteiger partial charge in [-0.2, -0.15) is 5.10 Å². The van der Waals surface area contributed by atoms with Crippen LogP contribution in [-0.2, 0) is 18.5 Å². The van der Waals surface area contributed by atoms with Crippen molar-refractivity contribution in [1.29, 1.82) is 0 Å². The van der Waals surface area contributed by atoms with Gasteiger partial charge in [-0.25, -0.2) is 14.8 Å². The third-order valence-electron chi connectivity index (χ3n) is 5.98. The Kier molecular flexibility index (Phi) is 5.36. The lowest BCUT2D eigenvalue weighted by Gasteiger charge is -2.23. The van der Waals surface area contributed by atoms with Crippen LogP contribution < -0.4 is 15.4 Å². The molecule has 0 saturated heterocycles. The number of benzene rings is 1. The number of hydrogen-bond acceptors (Lipinski definition) is 6. The van der Waals surface area contributed by atoms with Gasteiger partial charge in [-0.15, -0.1) is 0 Å². The molecule has 4 aromatic rings. The molecular formula is C25H29N7O2. The summed E-state index contributed by atoms with van der Waals surface area (Å²) in [5.41, 5.74) is 3.60. The van der Waals surface area contributed by atoms with Gasteiger partial charge in [0.2, 0.25) is 5.88 Å². The van der Waals surface area contributed by atoms with Crippen molar-refractivity contribution in [2.75, 3.05) is 5.32 Å². The minimum absolute atomic E-state index is 0.166. The fraction of sp³-hybridized carbons (Fsp3) is 0.360. The first-order valence-electron chi connectivity index (χ1n) is 11.4. The van der Waals surface area contributed by atoms with Gasteiger partial charge < -0.3 is 10.1 Å². The summed E-state index contributed by atoms with van der Waals surface area (Å²) < 4.78 is 9.62. The molecule has 0 aliphatic carbocycles. The van der Waals surface area contributed by atoms with E-state index in [4.69, 9.17) is 4.74 Å². The van der Waals surface area contributed by atoms with Crippen LogP contribution >= 0.6 is 0 Å². The molecule has 0 unspecified atom stereocenters. The van der Waals surface area contributed by atoms with Crippen molar-refractivity contribution in [2.24, 2.45) is 0 Å². The van der Waals surface area contributed by atoms with Gasteiger partial charge in [-0.1, -0.05) is 0 Å². The Bertz CT molecular complexity index is 1380. The average molecular weight is 460 g/mol. The number of hydrogen-bond donors (Lipinski definition) is 2. The summed E-state index contributed by atoms with van der Waals surface area (Å²) in [4.78, 5) is 21.7. The van der Waals surface area contributed by atoms with E-state index in [2.05, 4.69) is 53.4 Å². The van der Waals surface area contributed by atoms with E-state index in [0.29, 0.717) is 30.0 Å². The zero-order valence-corrected chi connectivity index (χ0v) is 20.1. The number of aryl methyl sites for hydroxylation is 1. The Morgan fingerprint density at radius 1 is 1.21 bits per heavy atom. The fourth-order valence-corrected chi connectivity index (χ4v) is 4.38. The van der Waals surface area contributed by atoms with Crippen LogP contribution in [0.2, 0.25) is 0 Å². The third kappa shape index (κ3) is 4.14. The number of rotatable bonds is 3. The number of carbonyl (C=O) groups excluding carboxylic acids is 1. The molecule has 1 atom stereocenters. The van der Waals surface area contributed by atoms with Crippen LogP contribution in [0.25, 0.3) is 10.9 Å². The SMILES string of the molecule is Cc1cc(NC(=O)n2ccc3cc(Oc4ncnc5c4C[C@H](C)NC5)ccc32)nn1C(C)(C)C. The van der Waals surface area contributed by atoms with E-state index in [0.717, 1.165) is 34.3 Å². The molecular weight excluding hydrogens is 430 g/mol. The van der Waals surface area contributed by atoms with Gasteiger partial charge in [0.1, 0.15) is 12.1 Å². The molecule has 3 aromatic heterocycles. The van der Waals surface area contributed by atoms with E-state index in [1.54, 1.807) is 10.8 Å². The van der Waals surface area contributed by atoms with Gasteiger partial charge in [-0.05, 0) is 65.3 Å². The highest BCUT2D eigenvalue weighted by Crippen LogP contribution is 2.30. The lowest BCUT2D eigenvalue weighted by atomic mass is 10.0. The number of ether oxygens (including phenoxy) is 1. The van der Waals surface area contributed by atoms with E-state index in [-0.39, 0.29) is 11.6 Å². The van der Waals surface area contributed by atoms with Crippen LogP contribution in [0.15, 0.2) is 42.9 Å². The van der Waals surface area contributed by atoms with Crippen LogP contribution in [0, 0.1) is 6.92 Å². The number of nitrogens with one attached hydrogen (secondary N) is 2. The monoisotopic (exact) mass is 459 g/mol. The Morgan fingerprint density at radius 2 is 2.03 bits per heavy atom. The molecule has 1 aromatic carbocycles. The van der Waals surface area contributed by atoms with Crippen LogP contribution in [-0.4, -0.2) is 36.4 Å². The first-order chi connectivity index (χ1) is 16.2. The molecule has 5 rings (SSSR count). The van der Waals surface area contributed by atoms with Crippen molar-refractivity contribution in [3.05, 3.63) is 59.8 Å². The summed E-state index contributed by atoms with van der Waals surface area (Å²) in [5, 5.41) is 11.7. The van der Waals surface area contributed by atoms with Crippen molar-refractivity contribution in [3.63, 3.8) is 0 Å². The zero-order chi connectivity index (χ0) is 24.0. The van der Waals surface area contributed by atoms with Crippen molar-refractivity contribution in [2.45, 2.75) is 59.2 Å². The van der Waals surface area contributed by atoms with E-state index in [1.165, 1.54) is 6.33 Å². The minimum atomic E-state index is -0.270. The van der Waals surface area contributed by atoms with Crippen molar-refractivity contribution < 1.29 is 9.53 Å². The smallest absolute Gasteiger partial charge is 0.331 e. The van der Waals surface area contributed by atoms with E-state index in [9.17, 15) is 4.79 Å². The Labute approximate surface area is 198 Å². The second-order valence-corrected chi connectivity index (χ2v) is 9.78. The Balaban J connectivity index is 1.37. The van der Waals surface area contributed by atoms with Gasteiger partial charge in [-0.3, -0.25) is 14.6 Å². The predicted octanol–water partition coefficient (Wildman–Crippen LogP) is 4.60. The quantitative estimate of drug-likeness (QED) is 0.465. The van der Waals surface area contributed by atoms with Gasteiger partial charge >= 0.3 is 6.03 Å². The number of amides is 1. The molecule has 1 amide bonds. The number of anilines is 1. The maximum Gasteiger partial charge on any atom is 0.331 e. The second kappa shape index (κ2) is 8.25. The molecule has 4 heterocycles. The maximum absolute atomic E-state index is 13.0. The highest BCUT2D eigenvalue weighted by Gasteiger charge is 2.22. The van der Waals surface area contributed by atoms with Crippen LogP contribution in [0.4, 0.5) is 10.6 Å². The molecule has 0 saturated carbocycles. The lowest BCUT2D eigenvalue weighted by molar-refractivity contribution is 0.254. The number of carbonyl (C=O) groups is 1. The highest BCUT2D eigenvalue weighted by atomic mass is 16.5. The van der Waals surface area contributed by atoms with Gasteiger partial charge in [0.15, 0.2) is 5.82 Å². The topological polar surface area (TPSA) is 98.9 Å². The first-order valence-corrected chi connectivity index (χ1v) is 11.4. The molecule has 9 heteroatoms. The molecule has 0 spiro atoms. The van der Waals surface area contributed by atoms with Crippen molar-refractivity contribution in [1.82, 2.24) is 29.6 Å². The van der Waals surface area contributed by atoms with E-state index in [1.807, 2.05) is 41.9 Å². The Morgan fingerprint density at radius 3 is 2.79 bits per heavy atom. The lowest BCUT2D eigenvalue weighted by Crippen LogP contribution is -2.33. The Hall–Kier alpha value is -3.72. The van der Waals surface area contributed by atoms with Crippen LogP contribution in [0.5, 0.6) is 11.6 Å². The molecule has 1 aliphatic rings. The molecule has 176 valence electrons. The maximum atomic E-state index is 13.0. The summed E-state index contributed by atoms with van der Waals surface area (Å²) in [6.45, 7) is 11.0. The molecule has 34 heavy (non-hydrogen) atoms. The van der Waals surface area contributed by atoms with Crippen LogP contribution in [0.3, 0.4) is 0 Å². The van der Waals surface area contributed by atoms with Gasteiger partial charge in [0, 0.05) is 41.5 Å². The summed E-state index contributed by atoms with van der Waals surface area (Å²) in [6, 6.07) is 9.48. The summed E-state index contributed by atoms with van der Waals surface area (Å²) in [7, 11) is 0. The summed E-state index contributed by atoms with van der Waals surface area (Å²) in [5.74, 6) is 1.77. The standard InChI is InChI=1S/C25H29N7O2/c1-15-10-19-20(13-26-15)27-14-28-23(19)34-18-6-7-21-17(12-18)8-9-31(21)24(33)29-22-11-16(2)32(30-22)25(3,4)5/h6-9,11-12,14-15,26H,10,13H2,1-5H3,(H,29,30,33)/t15-/m0/s1. The highest BCUT2D eigenvalue weighted by molar-refractivity contribution is 5.98. The molecule has 2 N–H and O–H groups in total. The average Bonchev–Trinajstić information content (AvgIpc) is 3.37. The molecule has 9 nitrogen and oxygen atoms in total. The summed E-state index contributed by atoms with van der Waals surface area (Å²) in [6.07, 6.45) is 4.10. The largest absolute Gasteiger partial charge is 0.439 e. The minimum Gasteiger partial charge on any atom is -0.439 e. The van der Waals surface area contributed by atoms with E-state index < -0.39 is 0 Å².